The van der Waals surface area contributed by atoms with Gasteiger partial charge >= 0.3 is 0 Å². The molecule has 0 unspecified atom stereocenters. The molecule has 0 saturated carbocycles. The number of rotatable bonds is 7. The summed E-state index contributed by atoms with van der Waals surface area (Å²) in [6.07, 6.45) is 0. The molecule has 142 valence electrons. The molecule has 7 nitrogen and oxygen atoms in total. The molecule has 0 aliphatic heterocycles. The van der Waals surface area contributed by atoms with E-state index in [0.717, 1.165) is 27.8 Å². The molecular formula is C18H18FN3O4S. The fraction of sp³-hybridized carbons (Fsp3) is 0.222. The molecule has 0 bridgehead atoms. The monoisotopic (exact) mass is 391 g/mol. The van der Waals surface area contributed by atoms with E-state index in [1.54, 1.807) is 24.3 Å². The SMILES string of the molecule is CCOc1ccc(-c2noc(CN(C)S(=O)(=O)c3ccc(F)cc3)n2)cc1. The molecule has 0 aliphatic carbocycles. The molecule has 9 heteroatoms. The molecule has 0 radical (unpaired) electrons. The van der Waals surface area contributed by atoms with Crippen molar-refractivity contribution in [3.8, 4) is 17.1 Å². The standard InChI is InChI=1S/C18H18FN3O4S/c1-3-25-15-8-4-13(5-9-15)18-20-17(26-21-18)12-22(2)27(23,24)16-10-6-14(19)7-11-16/h4-11H,3,12H2,1-2H3. The molecule has 0 saturated heterocycles. The lowest BCUT2D eigenvalue weighted by atomic mass is 10.2. The van der Waals surface area contributed by atoms with Crippen molar-refractivity contribution in [3.05, 3.63) is 60.2 Å². The largest absolute Gasteiger partial charge is 0.494 e. The van der Waals surface area contributed by atoms with E-state index in [9.17, 15) is 12.8 Å². The van der Waals surface area contributed by atoms with Gasteiger partial charge in [0.05, 0.1) is 18.0 Å². The average molecular weight is 391 g/mol. The number of nitrogens with zero attached hydrogens (tertiary/aromatic N) is 3. The summed E-state index contributed by atoms with van der Waals surface area (Å²) in [4.78, 5) is 4.22. The van der Waals surface area contributed by atoms with Crippen LogP contribution >= 0.6 is 0 Å². The highest BCUT2D eigenvalue weighted by Crippen LogP contribution is 2.21. The Kier molecular flexibility index (Phi) is 5.52. The quantitative estimate of drug-likeness (QED) is 0.615. The first-order valence-corrected chi connectivity index (χ1v) is 9.62. The van der Waals surface area contributed by atoms with E-state index in [2.05, 4.69) is 10.1 Å². The highest BCUT2D eigenvalue weighted by molar-refractivity contribution is 7.89. The number of halogens is 1. The fourth-order valence-electron chi connectivity index (χ4n) is 2.37. The number of aromatic nitrogens is 2. The summed E-state index contributed by atoms with van der Waals surface area (Å²) in [5, 5.41) is 3.88. The second-order valence-electron chi connectivity index (χ2n) is 5.68. The first kappa shape index (κ1) is 19.0. The van der Waals surface area contributed by atoms with Crippen molar-refractivity contribution in [1.29, 1.82) is 0 Å². The van der Waals surface area contributed by atoms with Gasteiger partial charge in [0.15, 0.2) is 0 Å². The van der Waals surface area contributed by atoms with Crippen molar-refractivity contribution >= 4 is 10.0 Å². The maximum atomic E-state index is 13.0. The number of hydrogen-bond donors (Lipinski definition) is 0. The van der Waals surface area contributed by atoms with Gasteiger partial charge in [0.25, 0.3) is 0 Å². The third-order valence-electron chi connectivity index (χ3n) is 3.77. The number of ether oxygens (including phenoxy) is 1. The van der Waals surface area contributed by atoms with E-state index in [1.165, 1.54) is 19.2 Å². The minimum Gasteiger partial charge on any atom is -0.494 e. The van der Waals surface area contributed by atoms with E-state index >= 15 is 0 Å². The van der Waals surface area contributed by atoms with Crippen LogP contribution in [0.2, 0.25) is 0 Å². The fourth-order valence-corrected chi connectivity index (χ4v) is 3.49. The van der Waals surface area contributed by atoms with E-state index in [0.29, 0.717) is 12.4 Å². The third kappa shape index (κ3) is 4.32. The van der Waals surface area contributed by atoms with E-state index in [4.69, 9.17) is 9.26 Å². The van der Waals surface area contributed by atoms with Crippen LogP contribution < -0.4 is 4.74 Å². The predicted octanol–water partition coefficient (Wildman–Crippen LogP) is 3.10. The summed E-state index contributed by atoms with van der Waals surface area (Å²) >= 11 is 0. The minimum atomic E-state index is -3.80. The van der Waals surface area contributed by atoms with E-state index in [1.807, 2.05) is 6.92 Å². The summed E-state index contributed by atoms with van der Waals surface area (Å²) in [5.41, 5.74) is 0.720. The summed E-state index contributed by atoms with van der Waals surface area (Å²) in [5.74, 6) is 0.719. The summed E-state index contributed by atoms with van der Waals surface area (Å²) < 4.78 is 49.7. The van der Waals surface area contributed by atoms with Crippen molar-refractivity contribution < 1.29 is 22.1 Å². The molecule has 2 aromatic carbocycles. The zero-order chi connectivity index (χ0) is 19.4. The highest BCUT2D eigenvalue weighted by Gasteiger charge is 2.23. The molecule has 0 N–H and O–H groups in total. The van der Waals surface area contributed by atoms with Gasteiger partial charge < -0.3 is 9.26 Å². The Balaban J connectivity index is 1.74. The van der Waals surface area contributed by atoms with Crippen molar-refractivity contribution in [1.82, 2.24) is 14.4 Å². The maximum Gasteiger partial charge on any atom is 0.243 e. The van der Waals surface area contributed by atoms with Crippen LogP contribution in [0.3, 0.4) is 0 Å². The summed E-state index contributed by atoms with van der Waals surface area (Å²) in [6.45, 7) is 2.36. The van der Waals surface area contributed by atoms with Gasteiger partial charge in [-0.1, -0.05) is 5.16 Å². The van der Waals surface area contributed by atoms with Crippen LogP contribution in [0.4, 0.5) is 4.39 Å². The molecule has 1 heterocycles. The maximum absolute atomic E-state index is 13.0. The van der Waals surface area contributed by atoms with Crippen molar-refractivity contribution in [2.45, 2.75) is 18.4 Å². The second kappa shape index (κ2) is 7.85. The lowest BCUT2D eigenvalue weighted by Crippen LogP contribution is -2.26. The van der Waals surface area contributed by atoms with Crippen molar-refractivity contribution in [3.63, 3.8) is 0 Å². The molecule has 0 fully saturated rings. The molecule has 0 spiro atoms. The van der Waals surface area contributed by atoms with Gasteiger partial charge in [-0.15, -0.1) is 0 Å². The van der Waals surface area contributed by atoms with Crippen molar-refractivity contribution in [2.24, 2.45) is 0 Å². The Morgan fingerprint density at radius 3 is 2.41 bits per heavy atom. The number of sulfonamides is 1. The van der Waals surface area contributed by atoms with Crippen LogP contribution in [0.25, 0.3) is 11.4 Å². The molecule has 0 aliphatic rings. The van der Waals surface area contributed by atoms with Crippen LogP contribution in [0.5, 0.6) is 5.75 Å². The molecule has 3 aromatic rings. The summed E-state index contributed by atoms with van der Waals surface area (Å²) in [7, 11) is -2.41. The number of benzene rings is 2. The van der Waals surface area contributed by atoms with Gasteiger partial charge in [0.1, 0.15) is 11.6 Å². The van der Waals surface area contributed by atoms with Gasteiger partial charge in [-0.05, 0) is 55.5 Å². The number of hydrogen-bond acceptors (Lipinski definition) is 6. The van der Waals surface area contributed by atoms with Crippen molar-refractivity contribution in [2.75, 3.05) is 13.7 Å². The Morgan fingerprint density at radius 2 is 1.78 bits per heavy atom. The smallest absolute Gasteiger partial charge is 0.243 e. The van der Waals surface area contributed by atoms with Gasteiger partial charge in [-0.2, -0.15) is 9.29 Å². The van der Waals surface area contributed by atoms with Gasteiger partial charge in [0.2, 0.25) is 21.7 Å². The molecular weight excluding hydrogens is 373 g/mol. The summed E-state index contributed by atoms with van der Waals surface area (Å²) in [6, 6.07) is 11.8. The lowest BCUT2D eigenvalue weighted by Gasteiger charge is -2.14. The lowest BCUT2D eigenvalue weighted by molar-refractivity contribution is 0.336. The van der Waals surface area contributed by atoms with Crippen LogP contribution in [0, 0.1) is 5.82 Å². The minimum absolute atomic E-state index is 0.0161. The van der Waals surface area contributed by atoms with Gasteiger partial charge in [-0.25, -0.2) is 12.8 Å². The third-order valence-corrected chi connectivity index (χ3v) is 5.59. The molecule has 1 aromatic heterocycles. The molecule has 3 rings (SSSR count). The zero-order valence-electron chi connectivity index (χ0n) is 14.8. The second-order valence-corrected chi connectivity index (χ2v) is 7.73. The van der Waals surface area contributed by atoms with E-state index in [-0.39, 0.29) is 17.3 Å². The first-order chi connectivity index (χ1) is 12.9. The average Bonchev–Trinajstić information content (AvgIpc) is 3.11. The molecule has 0 atom stereocenters. The van der Waals surface area contributed by atoms with Crippen LogP contribution in [0.15, 0.2) is 57.9 Å². The Labute approximate surface area is 156 Å². The van der Waals surface area contributed by atoms with E-state index < -0.39 is 15.8 Å². The predicted molar refractivity (Wildman–Crippen MR) is 96.0 cm³/mol. The Bertz CT molecular complexity index is 1000. The van der Waals surface area contributed by atoms with Crippen LogP contribution in [0.1, 0.15) is 12.8 Å². The van der Waals surface area contributed by atoms with Gasteiger partial charge in [0, 0.05) is 12.6 Å². The zero-order valence-corrected chi connectivity index (χ0v) is 15.6. The van der Waals surface area contributed by atoms with Crippen LogP contribution in [-0.2, 0) is 16.6 Å². The topological polar surface area (TPSA) is 85.5 Å². The van der Waals surface area contributed by atoms with Gasteiger partial charge in [-0.3, -0.25) is 0 Å². The Morgan fingerprint density at radius 1 is 1.11 bits per heavy atom. The Hall–Kier alpha value is -2.78. The van der Waals surface area contributed by atoms with Crippen LogP contribution in [-0.4, -0.2) is 36.5 Å². The first-order valence-electron chi connectivity index (χ1n) is 8.18. The highest BCUT2D eigenvalue weighted by atomic mass is 32.2. The molecule has 0 amide bonds. The normalized spacial score (nSPS) is 11.7. The molecule has 27 heavy (non-hydrogen) atoms.